The molecule has 2 aromatic rings. The van der Waals surface area contributed by atoms with Crippen molar-refractivity contribution in [2.45, 2.75) is 20.4 Å². The summed E-state index contributed by atoms with van der Waals surface area (Å²) in [4.78, 5) is 15.1. The average molecular weight is 204 g/mol. The molecule has 0 amide bonds. The highest BCUT2D eigenvalue weighted by Gasteiger charge is 2.11. The van der Waals surface area contributed by atoms with Gasteiger partial charge in [0.2, 0.25) is 0 Å². The van der Waals surface area contributed by atoms with E-state index in [2.05, 4.69) is 4.98 Å². The van der Waals surface area contributed by atoms with Crippen LogP contribution in [-0.4, -0.2) is 15.5 Å². The monoisotopic (exact) mass is 204 g/mol. The quantitative estimate of drug-likeness (QED) is 0.702. The zero-order valence-corrected chi connectivity index (χ0v) is 8.73. The SMILES string of the molecule is CCn1c(OC(C)=O)nc2ccccc21. The fourth-order valence-electron chi connectivity index (χ4n) is 1.57. The molecule has 0 radical (unpaired) electrons. The minimum absolute atomic E-state index is 0.347. The lowest BCUT2D eigenvalue weighted by Crippen LogP contribution is -2.07. The van der Waals surface area contributed by atoms with E-state index < -0.39 is 0 Å². The van der Waals surface area contributed by atoms with Crippen LogP contribution < -0.4 is 4.74 Å². The molecule has 0 bridgehead atoms. The Morgan fingerprint density at radius 2 is 2.20 bits per heavy atom. The molecule has 0 fully saturated rings. The molecule has 0 N–H and O–H groups in total. The molecule has 4 heteroatoms. The normalized spacial score (nSPS) is 10.5. The van der Waals surface area contributed by atoms with Gasteiger partial charge in [-0.2, -0.15) is 4.98 Å². The van der Waals surface area contributed by atoms with Crippen LogP contribution in [0.3, 0.4) is 0 Å². The number of benzene rings is 1. The van der Waals surface area contributed by atoms with E-state index in [4.69, 9.17) is 4.74 Å². The van der Waals surface area contributed by atoms with Crippen molar-refractivity contribution in [1.82, 2.24) is 9.55 Å². The molecule has 0 unspecified atom stereocenters. The van der Waals surface area contributed by atoms with Crippen LogP contribution in [0.15, 0.2) is 24.3 Å². The number of ether oxygens (including phenoxy) is 1. The molecule has 0 aliphatic carbocycles. The van der Waals surface area contributed by atoms with Crippen molar-refractivity contribution in [1.29, 1.82) is 0 Å². The summed E-state index contributed by atoms with van der Waals surface area (Å²) < 4.78 is 6.91. The topological polar surface area (TPSA) is 44.1 Å². The highest BCUT2D eigenvalue weighted by molar-refractivity contribution is 5.78. The Bertz CT molecular complexity index is 502. The van der Waals surface area contributed by atoms with E-state index in [0.29, 0.717) is 6.01 Å². The smallest absolute Gasteiger partial charge is 0.310 e. The van der Waals surface area contributed by atoms with Crippen molar-refractivity contribution in [3.05, 3.63) is 24.3 Å². The van der Waals surface area contributed by atoms with Crippen molar-refractivity contribution < 1.29 is 9.53 Å². The van der Waals surface area contributed by atoms with Crippen LogP contribution in [0.1, 0.15) is 13.8 Å². The summed E-state index contributed by atoms with van der Waals surface area (Å²) >= 11 is 0. The van der Waals surface area contributed by atoms with Gasteiger partial charge in [-0.15, -0.1) is 0 Å². The average Bonchev–Trinajstić information content (AvgIpc) is 2.53. The largest absolute Gasteiger partial charge is 0.392 e. The number of esters is 1. The fraction of sp³-hybridized carbons (Fsp3) is 0.273. The third kappa shape index (κ3) is 1.70. The van der Waals surface area contributed by atoms with E-state index in [1.807, 2.05) is 35.8 Å². The molecular formula is C11H12N2O2. The first-order chi connectivity index (χ1) is 7.22. The molecule has 0 spiro atoms. The van der Waals surface area contributed by atoms with Crippen LogP contribution in [0, 0.1) is 0 Å². The van der Waals surface area contributed by atoms with Crippen LogP contribution in [0.5, 0.6) is 6.01 Å². The van der Waals surface area contributed by atoms with Gasteiger partial charge in [0.25, 0.3) is 0 Å². The summed E-state index contributed by atoms with van der Waals surface area (Å²) in [6, 6.07) is 8.07. The zero-order valence-electron chi connectivity index (χ0n) is 8.73. The summed E-state index contributed by atoms with van der Waals surface area (Å²) in [7, 11) is 0. The van der Waals surface area contributed by atoms with Crippen LogP contribution in [-0.2, 0) is 11.3 Å². The van der Waals surface area contributed by atoms with Crippen molar-refractivity contribution in [2.75, 3.05) is 0 Å². The number of imidazole rings is 1. The molecule has 1 aromatic carbocycles. The van der Waals surface area contributed by atoms with Crippen LogP contribution >= 0.6 is 0 Å². The number of aromatic nitrogens is 2. The Balaban J connectivity index is 2.58. The molecule has 0 atom stereocenters. The summed E-state index contributed by atoms with van der Waals surface area (Å²) in [5.74, 6) is -0.347. The van der Waals surface area contributed by atoms with Gasteiger partial charge in [-0.25, -0.2) is 0 Å². The van der Waals surface area contributed by atoms with E-state index in [0.717, 1.165) is 17.6 Å². The first-order valence-electron chi connectivity index (χ1n) is 4.86. The van der Waals surface area contributed by atoms with E-state index in [1.165, 1.54) is 6.92 Å². The number of hydrogen-bond donors (Lipinski definition) is 0. The van der Waals surface area contributed by atoms with Gasteiger partial charge in [0.15, 0.2) is 0 Å². The Kier molecular flexibility index (Phi) is 2.41. The van der Waals surface area contributed by atoms with Crippen LogP contribution in [0.2, 0.25) is 0 Å². The second kappa shape index (κ2) is 3.73. The van der Waals surface area contributed by atoms with Crippen molar-refractivity contribution in [3.8, 4) is 6.01 Å². The minimum Gasteiger partial charge on any atom is -0.392 e. The zero-order chi connectivity index (χ0) is 10.8. The highest BCUT2D eigenvalue weighted by Crippen LogP contribution is 2.20. The van der Waals surface area contributed by atoms with Gasteiger partial charge in [0.1, 0.15) is 0 Å². The lowest BCUT2D eigenvalue weighted by Gasteiger charge is -2.03. The van der Waals surface area contributed by atoms with Gasteiger partial charge in [0.05, 0.1) is 11.0 Å². The second-order valence-electron chi connectivity index (χ2n) is 3.22. The third-order valence-corrected chi connectivity index (χ3v) is 2.17. The molecule has 0 aliphatic rings. The number of rotatable bonds is 2. The Labute approximate surface area is 87.5 Å². The second-order valence-corrected chi connectivity index (χ2v) is 3.22. The van der Waals surface area contributed by atoms with E-state index >= 15 is 0 Å². The first-order valence-corrected chi connectivity index (χ1v) is 4.86. The number of hydrogen-bond acceptors (Lipinski definition) is 3. The molecule has 78 valence electrons. The van der Waals surface area contributed by atoms with Crippen molar-refractivity contribution in [2.24, 2.45) is 0 Å². The molecule has 1 aromatic heterocycles. The molecule has 0 aliphatic heterocycles. The number of nitrogens with zero attached hydrogens (tertiary/aromatic N) is 2. The maximum Gasteiger partial charge on any atom is 0.310 e. The summed E-state index contributed by atoms with van der Waals surface area (Å²) in [6.07, 6.45) is 0. The van der Waals surface area contributed by atoms with E-state index in [1.54, 1.807) is 0 Å². The maximum absolute atomic E-state index is 10.9. The predicted molar refractivity (Wildman–Crippen MR) is 56.7 cm³/mol. The molecule has 1 heterocycles. The van der Waals surface area contributed by atoms with Crippen LogP contribution in [0.25, 0.3) is 11.0 Å². The van der Waals surface area contributed by atoms with E-state index in [9.17, 15) is 4.79 Å². The number of para-hydroxylation sites is 2. The molecule has 0 saturated carbocycles. The van der Waals surface area contributed by atoms with Gasteiger partial charge in [-0.3, -0.25) is 9.36 Å². The van der Waals surface area contributed by atoms with Crippen LogP contribution in [0.4, 0.5) is 0 Å². The Morgan fingerprint density at radius 1 is 1.47 bits per heavy atom. The fourth-order valence-corrected chi connectivity index (χ4v) is 1.57. The minimum atomic E-state index is -0.347. The van der Waals surface area contributed by atoms with Gasteiger partial charge >= 0.3 is 12.0 Å². The molecular weight excluding hydrogens is 192 g/mol. The third-order valence-electron chi connectivity index (χ3n) is 2.17. The number of carbonyl (C=O) groups is 1. The molecule has 2 rings (SSSR count). The lowest BCUT2D eigenvalue weighted by atomic mass is 10.3. The van der Waals surface area contributed by atoms with Gasteiger partial charge in [0, 0.05) is 13.5 Å². The standard InChI is InChI=1S/C11H12N2O2/c1-3-13-10-7-5-4-6-9(10)12-11(13)15-8(2)14/h4-7H,3H2,1-2H3. The number of carbonyl (C=O) groups excluding carboxylic acids is 1. The predicted octanol–water partition coefficient (Wildman–Crippen LogP) is 1.98. The molecule has 4 nitrogen and oxygen atoms in total. The maximum atomic E-state index is 10.9. The summed E-state index contributed by atoms with van der Waals surface area (Å²) in [5, 5.41) is 0. The highest BCUT2D eigenvalue weighted by atomic mass is 16.5. The summed E-state index contributed by atoms with van der Waals surface area (Å²) in [5.41, 5.74) is 1.83. The Hall–Kier alpha value is -1.84. The Morgan fingerprint density at radius 3 is 2.87 bits per heavy atom. The van der Waals surface area contributed by atoms with Crippen molar-refractivity contribution >= 4 is 17.0 Å². The van der Waals surface area contributed by atoms with Gasteiger partial charge < -0.3 is 4.74 Å². The lowest BCUT2D eigenvalue weighted by molar-refractivity contribution is -0.132. The van der Waals surface area contributed by atoms with E-state index in [-0.39, 0.29) is 5.97 Å². The summed E-state index contributed by atoms with van der Waals surface area (Å²) in [6.45, 7) is 4.09. The van der Waals surface area contributed by atoms with Gasteiger partial charge in [-0.1, -0.05) is 12.1 Å². The van der Waals surface area contributed by atoms with Crippen molar-refractivity contribution in [3.63, 3.8) is 0 Å². The first kappa shape index (κ1) is 9.71. The molecule has 0 saturated heterocycles. The number of aryl methyl sites for hydroxylation is 1. The van der Waals surface area contributed by atoms with Gasteiger partial charge in [-0.05, 0) is 19.1 Å². The molecule has 15 heavy (non-hydrogen) atoms. The number of fused-ring (bicyclic) bond motifs is 1.